The number of nitrogens with one attached hydrogen (secondary N) is 1. The molecule has 1 unspecified atom stereocenters. The van der Waals surface area contributed by atoms with E-state index < -0.39 is 22.0 Å². The van der Waals surface area contributed by atoms with Crippen molar-refractivity contribution < 1.29 is 9.13 Å². The fourth-order valence-electron chi connectivity index (χ4n) is 1.96. The second kappa shape index (κ2) is 8.36. The molecule has 120 valence electrons. The van der Waals surface area contributed by atoms with Gasteiger partial charge in [-0.2, -0.15) is 0 Å². The Kier molecular flexibility index (Phi) is 6.19. The standard InChI is InChI=1S/C17H18N2O3S/c1-14-7-11-17(12-8-14)23(22)18-16(13-19(20)21)10-9-15-5-3-2-4-6-15/h2-12,16,18H,13H2,1H3/b10-9+/t16-,23?/m0/s1. The van der Waals surface area contributed by atoms with Crippen LogP contribution in [0.4, 0.5) is 0 Å². The smallest absolute Gasteiger partial charge is 0.223 e. The number of rotatable bonds is 7. The van der Waals surface area contributed by atoms with Gasteiger partial charge in [-0.05, 0) is 24.6 Å². The number of nitro groups is 1. The predicted molar refractivity (Wildman–Crippen MR) is 91.8 cm³/mol. The van der Waals surface area contributed by atoms with Crippen molar-refractivity contribution in [2.75, 3.05) is 6.54 Å². The molecule has 0 heterocycles. The largest absolute Gasteiger partial charge is 0.264 e. The minimum absolute atomic E-state index is 0.332. The summed E-state index contributed by atoms with van der Waals surface area (Å²) in [5.41, 5.74) is 2.00. The highest BCUT2D eigenvalue weighted by molar-refractivity contribution is 7.83. The van der Waals surface area contributed by atoms with Gasteiger partial charge < -0.3 is 0 Å². The van der Waals surface area contributed by atoms with E-state index in [1.165, 1.54) is 0 Å². The van der Waals surface area contributed by atoms with Crippen LogP contribution in [0.15, 0.2) is 65.6 Å². The minimum atomic E-state index is -1.50. The lowest BCUT2D eigenvalue weighted by molar-refractivity contribution is -0.481. The summed E-state index contributed by atoms with van der Waals surface area (Å²) in [5.74, 6) is 0. The lowest BCUT2D eigenvalue weighted by Gasteiger charge is -2.11. The summed E-state index contributed by atoms with van der Waals surface area (Å²) in [5, 5.41) is 10.8. The van der Waals surface area contributed by atoms with E-state index in [1.807, 2.05) is 49.4 Å². The van der Waals surface area contributed by atoms with E-state index in [9.17, 15) is 14.3 Å². The Morgan fingerprint density at radius 3 is 2.43 bits per heavy atom. The molecule has 2 atom stereocenters. The van der Waals surface area contributed by atoms with Crippen LogP contribution >= 0.6 is 0 Å². The molecule has 0 fully saturated rings. The number of hydrogen-bond acceptors (Lipinski definition) is 3. The molecule has 0 spiro atoms. The fourth-order valence-corrected chi connectivity index (χ4v) is 2.90. The molecule has 0 bridgehead atoms. The van der Waals surface area contributed by atoms with Crippen LogP contribution in [0.3, 0.4) is 0 Å². The Morgan fingerprint density at radius 2 is 1.83 bits per heavy atom. The molecule has 0 amide bonds. The van der Waals surface area contributed by atoms with Gasteiger partial charge in [0.25, 0.3) is 0 Å². The molecule has 5 nitrogen and oxygen atoms in total. The molecule has 2 rings (SSSR count). The van der Waals surface area contributed by atoms with Gasteiger partial charge in [0.15, 0.2) is 0 Å². The minimum Gasteiger partial charge on any atom is -0.264 e. The molecule has 0 saturated carbocycles. The van der Waals surface area contributed by atoms with Crippen molar-refractivity contribution >= 4 is 17.1 Å². The van der Waals surface area contributed by atoms with Crippen LogP contribution in [0, 0.1) is 17.0 Å². The van der Waals surface area contributed by atoms with Crippen LogP contribution in [0.2, 0.25) is 0 Å². The van der Waals surface area contributed by atoms with E-state index in [0.717, 1.165) is 11.1 Å². The van der Waals surface area contributed by atoms with E-state index >= 15 is 0 Å². The van der Waals surface area contributed by atoms with Crippen molar-refractivity contribution in [3.8, 4) is 0 Å². The third kappa shape index (κ3) is 5.77. The molecule has 0 aromatic heterocycles. The molecule has 0 aliphatic carbocycles. The summed E-state index contributed by atoms with van der Waals surface area (Å²) in [4.78, 5) is 11.0. The van der Waals surface area contributed by atoms with Crippen molar-refractivity contribution in [1.82, 2.24) is 4.72 Å². The number of benzene rings is 2. The zero-order chi connectivity index (χ0) is 16.7. The summed E-state index contributed by atoms with van der Waals surface area (Å²) in [7, 11) is -1.50. The second-order valence-corrected chi connectivity index (χ2v) is 6.34. The lowest BCUT2D eigenvalue weighted by atomic mass is 10.2. The second-order valence-electron chi connectivity index (χ2n) is 5.09. The van der Waals surface area contributed by atoms with Gasteiger partial charge in [0, 0.05) is 4.92 Å². The maximum atomic E-state index is 12.3. The van der Waals surface area contributed by atoms with Crippen molar-refractivity contribution in [2.24, 2.45) is 0 Å². The topological polar surface area (TPSA) is 72.2 Å². The average molecular weight is 330 g/mol. The summed E-state index contributed by atoms with van der Waals surface area (Å²) in [6, 6.07) is 16.1. The Balaban J connectivity index is 2.09. The van der Waals surface area contributed by atoms with Gasteiger partial charge in [0.1, 0.15) is 17.0 Å². The molecule has 0 saturated heterocycles. The average Bonchev–Trinajstić information content (AvgIpc) is 2.53. The van der Waals surface area contributed by atoms with Crippen LogP contribution in [-0.2, 0) is 11.0 Å². The number of nitrogens with zero attached hydrogens (tertiary/aromatic N) is 1. The highest BCUT2D eigenvalue weighted by Gasteiger charge is 2.15. The van der Waals surface area contributed by atoms with Crippen LogP contribution in [0.25, 0.3) is 6.08 Å². The van der Waals surface area contributed by atoms with Gasteiger partial charge >= 0.3 is 0 Å². The van der Waals surface area contributed by atoms with E-state index in [-0.39, 0.29) is 6.54 Å². The summed E-state index contributed by atoms with van der Waals surface area (Å²) in [6.45, 7) is 1.61. The van der Waals surface area contributed by atoms with Crippen LogP contribution in [0.1, 0.15) is 11.1 Å². The van der Waals surface area contributed by atoms with E-state index in [0.29, 0.717) is 4.90 Å². The zero-order valence-electron chi connectivity index (χ0n) is 12.7. The highest BCUT2D eigenvalue weighted by atomic mass is 32.2. The maximum absolute atomic E-state index is 12.3. The molecule has 23 heavy (non-hydrogen) atoms. The summed E-state index contributed by atoms with van der Waals surface area (Å²) >= 11 is 0. The third-order valence-electron chi connectivity index (χ3n) is 3.16. The first-order valence-electron chi connectivity index (χ1n) is 7.14. The molecule has 2 aromatic carbocycles. The lowest BCUT2D eigenvalue weighted by Crippen LogP contribution is -2.35. The van der Waals surface area contributed by atoms with Gasteiger partial charge in [0.05, 0.1) is 4.90 Å². The van der Waals surface area contributed by atoms with Gasteiger partial charge in [-0.3, -0.25) is 10.1 Å². The Labute approximate surface area is 137 Å². The number of hydrogen-bond donors (Lipinski definition) is 1. The summed E-state index contributed by atoms with van der Waals surface area (Å²) < 4.78 is 15.1. The van der Waals surface area contributed by atoms with Crippen molar-refractivity contribution in [2.45, 2.75) is 17.9 Å². The van der Waals surface area contributed by atoms with Gasteiger partial charge in [-0.15, -0.1) is 0 Å². The van der Waals surface area contributed by atoms with Crippen molar-refractivity contribution in [3.05, 3.63) is 81.9 Å². The van der Waals surface area contributed by atoms with Gasteiger partial charge in [-0.1, -0.05) is 60.2 Å². The first-order valence-corrected chi connectivity index (χ1v) is 8.29. The SMILES string of the molecule is Cc1ccc(S(=O)N[C@@H](/C=C/c2ccccc2)C[N+](=O)[O-])cc1. The molecule has 2 aromatic rings. The molecule has 0 aliphatic rings. The van der Waals surface area contributed by atoms with E-state index in [4.69, 9.17) is 0 Å². The van der Waals surface area contributed by atoms with E-state index in [2.05, 4.69) is 4.72 Å². The number of aryl methyl sites for hydroxylation is 1. The quantitative estimate of drug-likeness (QED) is 0.626. The van der Waals surface area contributed by atoms with Crippen LogP contribution < -0.4 is 4.72 Å². The molecular weight excluding hydrogens is 312 g/mol. The van der Waals surface area contributed by atoms with Crippen molar-refractivity contribution in [1.29, 1.82) is 0 Å². The first kappa shape index (κ1) is 17.1. The Morgan fingerprint density at radius 1 is 1.17 bits per heavy atom. The predicted octanol–water partition coefficient (Wildman–Crippen LogP) is 2.97. The molecule has 0 radical (unpaired) electrons. The van der Waals surface area contributed by atoms with Gasteiger partial charge in [-0.25, -0.2) is 8.93 Å². The normalized spacial score (nSPS) is 13.8. The Hall–Kier alpha value is -2.31. The third-order valence-corrected chi connectivity index (χ3v) is 4.38. The highest BCUT2D eigenvalue weighted by Crippen LogP contribution is 2.08. The van der Waals surface area contributed by atoms with Crippen LogP contribution in [0.5, 0.6) is 0 Å². The summed E-state index contributed by atoms with van der Waals surface area (Å²) in [6.07, 6.45) is 3.46. The monoisotopic (exact) mass is 330 g/mol. The van der Waals surface area contributed by atoms with Crippen molar-refractivity contribution in [3.63, 3.8) is 0 Å². The molecule has 1 N–H and O–H groups in total. The van der Waals surface area contributed by atoms with Gasteiger partial charge in [0.2, 0.25) is 6.54 Å². The maximum Gasteiger partial charge on any atom is 0.223 e. The first-order chi connectivity index (χ1) is 11.0. The van der Waals surface area contributed by atoms with E-state index in [1.54, 1.807) is 24.3 Å². The fraction of sp³-hybridized carbons (Fsp3) is 0.176. The molecular formula is C17H18N2O3S. The zero-order valence-corrected chi connectivity index (χ0v) is 13.5. The molecule has 6 heteroatoms. The Bertz CT molecular complexity index is 700. The molecule has 0 aliphatic heterocycles. The van der Waals surface area contributed by atoms with Crippen LogP contribution in [-0.4, -0.2) is 21.7 Å².